The number of carbonyl (C=O) groups excluding carboxylic acids is 3. The zero-order chi connectivity index (χ0) is 30.1. The van der Waals surface area contributed by atoms with Crippen LogP contribution in [0.2, 0.25) is 0 Å². The van der Waals surface area contributed by atoms with Gasteiger partial charge in [0.25, 0.3) is 0 Å². The third-order valence-corrected chi connectivity index (χ3v) is 11.3. The first-order chi connectivity index (χ1) is 20.0. The van der Waals surface area contributed by atoms with Crippen LogP contribution in [0.5, 0.6) is 0 Å². The Hall–Kier alpha value is -2.45. The summed E-state index contributed by atoms with van der Waals surface area (Å²) in [5.74, 6) is -0.482. The summed E-state index contributed by atoms with van der Waals surface area (Å²) >= 11 is 0. The number of esters is 3. The molecule has 3 aliphatic heterocycles. The van der Waals surface area contributed by atoms with Crippen LogP contribution < -0.4 is 0 Å². The van der Waals surface area contributed by atoms with E-state index in [4.69, 9.17) is 14.2 Å². The van der Waals surface area contributed by atoms with Crippen LogP contribution in [0, 0.1) is 34.5 Å². The van der Waals surface area contributed by atoms with Crippen LogP contribution in [-0.2, 0) is 28.6 Å². The molecule has 0 bridgehead atoms. The number of fused-ring (bicyclic) bond motifs is 1. The largest absolute Gasteiger partial charge is 0.465 e. The second-order valence-electron chi connectivity index (χ2n) is 14.1. The molecule has 5 atom stereocenters. The van der Waals surface area contributed by atoms with Crippen LogP contribution in [0.3, 0.4) is 0 Å². The highest BCUT2D eigenvalue weighted by atomic mass is 16.6. The van der Waals surface area contributed by atoms with Crippen molar-refractivity contribution in [3.63, 3.8) is 0 Å². The second-order valence-corrected chi connectivity index (χ2v) is 14.1. The first-order valence-corrected chi connectivity index (χ1v) is 16.0. The van der Waals surface area contributed by atoms with E-state index in [1.54, 1.807) is 0 Å². The summed E-state index contributed by atoms with van der Waals surface area (Å²) in [4.78, 5) is 43.4. The first-order valence-electron chi connectivity index (χ1n) is 16.0. The average Bonchev–Trinajstić information content (AvgIpc) is 3.38. The van der Waals surface area contributed by atoms with Crippen molar-refractivity contribution >= 4 is 17.9 Å². The van der Waals surface area contributed by atoms with E-state index in [9.17, 15) is 14.4 Å². The van der Waals surface area contributed by atoms with Gasteiger partial charge in [-0.15, -0.1) is 0 Å². The molecule has 0 radical (unpaired) electrons. The van der Waals surface area contributed by atoms with Gasteiger partial charge >= 0.3 is 17.9 Å². The molecule has 2 saturated carbocycles. The minimum Gasteiger partial charge on any atom is -0.465 e. The molecule has 0 aromatic heterocycles. The van der Waals surface area contributed by atoms with Crippen LogP contribution >= 0.6 is 0 Å². The van der Waals surface area contributed by atoms with Crippen molar-refractivity contribution in [3.8, 4) is 0 Å². The molecule has 8 nitrogen and oxygen atoms in total. The van der Waals surface area contributed by atoms with Crippen LogP contribution in [0.15, 0.2) is 36.0 Å². The van der Waals surface area contributed by atoms with Gasteiger partial charge < -0.3 is 24.0 Å². The molecule has 2 saturated heterocycles. The Bertz CT molecular complexity index is 1120. The Morgan fingerprint density at radius 1 is 1.00 bits per heavy atom. The SMILES string of the molecule is C=C1CC[C@@H]2[C@](C)(COC(=O)C3CCN(C)CC3)[C@H](OC(=O)C3CCN(C)CC3)CC[C@@]2(C)[C@@H]1/C=C/C1=CCOC1=O. The molecule has 4 fully saturated rings. The Morgan fingerprint density at radius 2 is 1.62 bits per heavy atom. The van der Waals surface area contributed by atoms with Gasteiger partial charge in [0.15, 0.2) is 0 Å². The smallest absolute Gasteiger partial charge is 0.338 e. The predicted octanol–water partition coefficient (Wildman–Crippen LogP) is 4.55. The van der Waals surface area contributed by atoms with Gasteiger partial charge in [0.05, 0.1) is 17.4 Å². The summed E-state index contributed by atoms with van der Waals surface area (Å²) in [5, 5.41) is 0. The molecule has 232 valence electrons. The summed E-state index contributed by atoms with van der Waals surface area (Å²) < 4.78 is 17.7. The normalized spacial score (nSPS) is 35.5. The van der Waals surface area contributed by atoms with Crippen molar-refractivity contribution in [1.29, 1.82) is 0 Å². The number of likely N-dealkylation sites (tertiary alicyclic amines) is 2. The number of ether oxygens (including phenoxy) is 3. The molecule has 8 heteroatoms. The van der Waals surface area contributed by atoms with Crippen molar-refractivity contribution in [3.05, 3.63) is 36.0 Å². The maximum Gasteiger partial charge on any atom is 0.338 e. The Morgan fingerprint density at radius 3 is 2.21 bits per heavy atom. The zero-order valence-electron chi connectivity index (χ0n) is 26.1. The predicted molar refractivity (Wildman–Crippen MR) is 160 cm³/mol. The van der Waals surface area contributed by atoms with Crippen LogP contribution in [-0.4, -0.2) is 87.3 Å². The fourth-order valence-corrected chi connectivity index (χ4v) is 8.43. The monoisotopic (exact) mass is 582 g/mol. The molecule has 5 aliphatic rings. The zero-order valence-corrected chi connectivity index (χ0v) is 26.1. The maximum absolute atomic E-state index is 13.5. The van der Waals surface area contributed by atoms with Crippen molar-refractivity contribution in [2.75, 3.05) is 53.5 Å². The standard InChI is InChI=1S/C34H50N2O6/c1-23-6-9-28-33(2,27(23)8-7-24-15-21-40-30(24)37)16-10-29(42-32(39)26-13-19-36(5)20-14-26)34(28,3)22-41-31(38)25-11-17-35(4)18-12-25/h7-8,15,25-29H,1,6,9-14,16-22H2,2-5H3/b8-7+/t27-,28+,29-,33+,34+/m1/s1. The minimum absolute atomic E-state index is 0.0555. The second kappa shape index (κ2) is 12.7. The Kier molecular flexibility index (Phi) is 9.33. The number of hydrogen-bond donors (Lipinski definition) is 0. The lowest BCUT2D eigenvalue weighted by atomic mass is 9.46. The molecular formula is C34H50N2O6. The van der Waals surface area contributed by atoms with E-state index in [0.29, 0.717) is 18.6 Å². The van der Waals surface area contributed by atoms with Crippen molar-refractivity contribution in [2.45, 2.75) is 71.3 Å². The van der Waals surface area contributed by atoms with Gasteiger partial charge in [-0.2, -0.15) is 0 Å². The number of cyclic esters (lactones) is 1. The van der Waals surface area contributed by atoms with E-state index in [-0.39, 0.29) is 59.7 Å². The highest BCUT2D eigenvalue weighted by molar-refractivity contribution is 5.93. The molecule has 0 amide bonds. The number of piperidine rings is 2. The molecule has 42 heavy (non-hydrogen) atoms. The molecular weight excluding hydrogens is 532 g/mol. The average molecular weight is 583 g/mol. The third kappa shape index (κ3) is 6.26. The van der Waals surface area contributed by atoms with Gasteiger partial charge in [-0.05, 0) is 109 Å². The summed E-state index contributed by atoms with van der Waals surface area (Å²) in [5.41, 5.74) is 1.03. The number of hydrogen-bond acceptors (Lipinski definition) is 8. The third-order valence-electron chi connectivity index (χ3n) is 11.3. The van der Waals surface area contributed by atoms with Gasteiger partial charge in [0.2, 0.25) is 0 Å². The molecule has 0 unspecified atom stereocenters. The summed E-state index contributed by atoms with van der Waals surface area (Å²) in [6.45, 7) is 13.1. The summed E-state index contributed by atoms with van der Waals surface area (Å²) in [6.07, 6.45) is 12.1. The molecule has 0 aromatic rings. The van der Waals surface area contributed by atoms with Gasteiger partial charge in [0, 0.05) is 11.3 Å². The fraction of sp³-hybridized carbons (Fsp3) is 0.735. The first kappa shape index (κ1) is 31.0. The lowest BCUT2D eigenvalue weighted by Crippen LogP contribution is -2.59. The van der Waals surface area contributed by atoms with E-state index in [1.165, 1.54) is 0 Å². The Balaban J connectivity index is 1.38. The van der Waals surface area contributed by atoms with E-state index < -0.39 is 5.41 Å². The molecule has 0 N–H and O–H groups in total. The van der Waals surface area contributed by atoms with Crippen molar-refractivity contribution < 1.29 is 28.6 Å². The van der Waals surface area contributed by atoms with Crippen LogP contribution in [0.4, 0.5) is 0 Å². The summed E-state index contributed by atoms with van der Waals surface area (Å²) in [7, 11) is 4.18. The highest BCUT2D eigenvalue weighted by Gasteiger charge is 2.59. The van der Waals surface area contributed by atoms with E-state index >= 15 is 0 Å². The summed E-state index contributed by atoms with van der Waals surface area (Å²) in [6, 6.07) is 0. The van der Waals surface area contributed by atoms with Gasteiger partial charge in [-0.25, -0.2) is 4.79 Å². The highest BCUT2D eigenvalue weighted by Crippen LogP contribution is 2.62. The van der Waals surface area contributed by atoms with Crippen LogP contribution in [0.25, 0.3) is 0 Å². The molecule has 5 rings (SSSR count). The van der Waals surface area contributed by atoms with Crippen molar-refractivity contribution in [2.24, 2.45) is 34.5 Å². The van der Waals surface area contributed by atoms with Crippen molar-refractivity contribution in [1.82, 2.24) is 9.80 Å². The molecule has 0 aromatic carbocycles. The topological polar surface area (TPSA) is 85.4 Å². The van der Waals surface area contributed by atoms with Gasteiger partial charge in [-0.1, -0.05) is 38.2 Å². The number of carbonyl (C=O) groups is 3. The van der Waals surface area contributed by atoms with Gasteiger partial charge in [0.1, 0.15) is 19.3 Å². The van der Waals surface area contributed by atoms with E-state index in [1.807, 2.05) is 12.2 Å². The lowest BCUT2D eigenvalue weighted by molar-refractivity contribution is -0.196. The molecule has 0 spiro atoms. The van der Waals surface area contributed by atoms with Crippen LogP contribution in [0.1, 0.15) is 65.2 Å². The Labute approximate surface area is 251 Å². The maximum atomic E-state index is 13.5. The van der Waals surface area contributed by atoms with E-state index in [0.717, 1.165) is 76.7 Å². The van der Waals surface area contributed by atoms with E-state index in [2.05, 4.69) is 50.4 Å². The lowest BCUT2D eigenvalue weighted by Gasteiger charge is -2.60. The van der Waals surface area contributed by atoms with Gasteiger partial charge in [-0.3, -0.25) is 9.59 Å². The minimum atomic E-state index is -0.534. The number of allylic oxidation sites excluding steroid dienone is 2. The fourth-order valence-electron chi connectivity index (χ4n) is 8.43. The number of rotatable bonds is 7. The molecule has 2 aliphatic carbocycles. The quantitative estimate of drug-likeness (QED) is 0.246. The number of nitrogens with zero attached hydrogens (tertiary/aromatic N) is 2. The molecule has 3 heterocycles.